The van der Waals surface area contributed by atoms with Crippen LogP contribution in [0, 0.1) is 0 Å². The summed E-state index contributed by atoms with van der Waals surface area (Å²) >= 11 is 1.90. The van der Waals surface area contributed by atoms with Gasteiger partial charge in [0.15, 0.2) is 0 Å². The Balaban J connectivity index is 0.00000225. The average Bonchev–Trinajstić information content (AvgIpc) is 3.10. The first-order valence-corrected chi connectivity index (χ1v) is 9.84. The Morgan fingerprint density at radius 1 is 1.20 bits per heavy atom. The molecule has 2 heterocycles. The molecule has 0 radical (unpaired) electrons. The lowest BCUT2D eigenvalue weighted by Gasteiger charge is -2.26. The summed E-state index contributed by atoms with van der Waals surface area (Å²) in [5, 5.41) is 6.27. The summed E-state index contributed by atoms with van der Waals surface area (Å²) in [6.45, 7) is 2.72. The van der Waals surface area contributed by atoms with Crippen molar-refractivity contribution in [2.75, 3.05) is 36.5 Å². The number of hydrogen-bond donors (Lipinski definition) is 2. The highest BCUT2D eigenvalue weighted by molar-refractivity contribution is 7.99. The second-order valence-corrected chi connectivity index (χ2v) is 7.64. The van der Waals surface area contributed by atoms with Crippen molar-refractivity contribution in [2.24, 2.45) is 0 Å². The van der Waals surface area contributed by atoms with Crippen molar-refractivity contribution >= 4 is 41.7 Å². The highest BCUT2D eigenvalue weighted by atomic mass is 35.5. The molecule has 0 aromatic heterocycles. The number of nitrogens with one attached hydrogen (secondary N) is 2. The fraction of sp³-hybridized carbons (Fsp3) is 0.556. The van der Waals surface area contributed by atoms with E-state index in [1.165, 1.54) is 0 Å². The Labute approximate surface area is 159 Å². The molecular formula is C18H26ClN3O2S. The Hall–Kier alpha value is -1.24. The smallest absolute Gasteiger partial charge is 0.227 e. The molecule has 1 aromatic rings. The molecule has 0 saturated carbocycles. The van der Waals surface area contributed by atoms with Gasteiger partial charge in [-0.25, -0.2) is 0 Å². The molecule has 7 heteroatoms. The first-order valence-electron chi connectivity index (χ1n) is 8.68. The van der Waals surface area contributed by atoms with E-state index in [0.717, 1.165) is 55.2 Å². The van der Waals surface area contributed by atoms with E-state index in [9.17, 15) is 9.59 Å². The number of rotatable bonds is 5. The van der Waals surface area contributed by atoms with Crippen molar-refractivity contribution in [3.8, 4) is 0 Å². The summed E-state index contributed by atoms with van der Waals surface area (Å²) in [7, 11) is 0. The molecule has 1 atom stereocenters. The van der Waals surface area contributed by atoms with Gasteiger partial charge in [-0.15, -0.1) is 12.4 Å². The molecule has 0 aliphatic carbocycles. The van der Waals surface area contributed by atoms with Gasteiger partial charge in [0, 0.05) is 42.7 Å². The molecule has 2 aliphatic rings. The zero-order chi connectivity index (χ0) is 16.8. The maximum Gasteiger partial charge on any atom is 0.227 e. The quantitative estimate of drug-likeness (QED) is 0.819. The maximum atomic E-state index is 12.3. The molecule has 138 valence electrons. The van der Waals surface area contributed by atoms with Crippen molar-refractivity contribution in [2.45, 2.75) is 31.7 Å². The monoisotopic (exact) mass is 383 g/mol. The van der Waals surface area contributed by atoms with Gasteiger partial charge in [0.25, 0.3) is 0 Å². The van der Waals surface area contributed by atoms with E-state index in [0.29, 0.717) is 18.9 Å². The zero-order valence-corrected chi connectivity index (χ0v) is 16.0. The van der Waals surface area contributed by atoms with Gasteiger partial charge in [0.2, 0.25) is 11.8 Å². The molecule has 0 bridgehead atoms. The fourth-order valence-corrected chi connectivity index (χ4v) is 4.07. The molecule has 5 nitrogen and oxygen atoms in total. The molecule has 3 rings (SSSR count). The van der Waals surface area contributed by atoms with Crippen LogP contribution in [0.1, 0.15) is 24.8 Å². The molecule has 25 heavy (non-hydrogen) atoms. The van der Waals surface area contributed by atoms with Crippen LogP contribution in [-0.2, 0) is 16.0 Å². The van der Waals surface area contributed by atoms with Crippen molar-refractivity contribution in [1.29, 1.82) is 0 Å². The van der Waals surface area contributed by atoms with Gasteiger partial charge in [-0.2, -0.15) is 11.8 Å². The van der Waals surface area contributed by atoms with Crippen LogP contribution in [0.4, 0.5) is 5.69 Å². The Morgan fingerprint density at radius 3 is 2.56 bits per heavy atom. The predicted octanol–water partition coefficient (Wildman–Crippen LogP) is 2.31. The van der Waals surface area contributed by atoms with Crippen LogP contribution in [0.25, 0.3) is 0 Å². The van der Waals surface area contributed by atoms with Gasteiger partial charge in [-0.3, -0.25) is 9.59 Å². The van der Waals surface area contributed by atoms with Gasteiger partial charge >= 0.3 is 0 Å². The van der Waals surface area contributed by atoms with Crippen molar-refractivity contribution < 1.29 is 9.59 Å². The maximum absolute atomic E-state index is 12.3. The number of thioether (sulfide) groups is 1. The lowest BCUT2D eigenvalue weighted by Crippen LogP contribution is -2.38. The topological polar surface area (TPSA) is 61.4 Å². The van der Waals surface area contributed by atoms with Gasteiger partial charge in [0.1, 0.15) is 0 Å². The highest BCUT2D eigenvalue weighted by Crippen LogP contribution is 2.15. The molecule has 2 aliphatic heterocycles. The third-order valence-electron chi connectivity index (χ3n) is 4.55. The summed E-state index contributed by atoms with van der Waals surface area (Å²) < 4.78 is 0. The zero-order valence-electron chi connectivity index (χ0n) is 14.3. The minimum Gasteiger partial charge on any atom is -0.341 e. The molecule has 2 saturated heterocycles. The number of carbonyl (C=O) groups excluding carboxylic acids is 2. The van der Waals surface area contributed by atoms with E-state index in [2.05, 4.69) is 10.6 Å². The van der Waals surface area contributed by atoms with E-state index >= 15 is 0 Å². The molecule has 2 fully saturated rings. The fourth-order valence-electron chi connectivity index (χ4n) is 3.17. The van der Waals surface area contributed by atoms with Crippen LogP contribution in [-0.4, -0.2) is 53.9 Å². The third-order valence-corrected chi connectivity index (χ3v) is 5.49. The first kappa shape index (κ1) is 20.1. The number of hydrogen-bond acceptors (Lipinski definition) is 4. The summed E-state index contributed by atoms with van der Waals surface area (Å²) in [6, 6.07) is 7.94. The number of carbonyl (C=O) groups is 2. The van der Waals surface area contributed by atoms with E-state index in [4.69, 9.17) is 0 Å². The van der Waals surface area contributed by atoms with E-state index in [1.807, 2.05) is 40.9 Å². The normalized spacial score (nSPS) is 20.0. The molecule has 1 aromatic carbocycles. The predicted molar refractivity (Wildman–Crippen MR) is 106 cm³/mol. The van der Waals surface area contributed by atoms with Crippen molar-refractivity contribution in [3.63, 3.8) is 0 Å². The summed E-state index contributed by atoms with van der Waals surface area (Å²) in [4.78, 5) is 26.2. The van der Waals surface area contributed by atoms with E-state index < -0.39 is 0 Å². The molecule has 1 unspecified atom stereocenters. The molecule has 2 N–H and O–H groups in total. The number of anilines is 1. The molecular weight excluding hydrogens is 358 g/mol. The summed E-state index contributed by atoms with van der Waals surface area (Å²) in [6.07, 6.45) is 3.18. The van der Waals surface area contributed by atoms with Gasteiger partial charge in [-0.1, -0.05) is 12.1 Å². The third kappa shape index (κ3) is 6.20. The van der Waals surface area contributed by atoms with Crippen LogP contribution in [0.5, 0.6) is 0 Å². The van der Waals surface area contributed by atoms with Gasteiger partial charge in [0.05, 0.1) is 6.42 Å². The average molecular weight is 384 g/mol. The van der Waals surface area contributed by atoms with Crippen LogP contribution in [0.3, 0.4) is 0 Å². The van der Waals surface area contributed by atoms with Crippen molar-refractivity contribution in [1.82, 2.24) is 10.2 Å². The lowest BCUT2D eigenvalue weighted by molar-refractivity contribution is -0.130. The number of halogens is 1. The SMILES string of the molecule is Cl.O=C(CC1CCCN1)Nc1ccc(CC(=O)N2CCSCC2)cc1. The lowest BCUT2D eigenvalue weighted by atomic mass is 10.1. The first-order chi connectivity index (χ1) is 11.7. The largest absolute Gasteiger partial charge is 0.341 e. The van der Waals surface area contributed by atoms with Gasteiger partial charge < -0.3 is 15.5 Å². The van der Waals surface area contributed by atoms with E-state index in [1.54, 1.807) is 0 Å². The minimum absolute atomic E-state index is 0. The number of benzene rings is 1. The Morgan fingerprint density at radius 2 is 1.92 bits per heavy atom. The summed E-state index contributed by atoms with van der Waals surface area (Å²) in [5.74, 6) is 2.31. The Bertz CT molecular complexity index is 570. The van der Waals surface area contributed by atoms with Crippen LogP contribution in [0.2, 0.25) is 0 Å². The highest BCUT2D eigenvalue weighted by Gasteiger charge is 2.18. The second-order valence-electron chi connectivity index (χ2n) is 6.41. The van der Waals surface area contributed by atoms with Crippen LogP contribution < -0.4 is 10.6 Å². The van der Waals surface area contributed by atoms with Gasteiger partial charge in [-0.05, 0) is 37.1 Å². The second kappa shape index (κ2) is 10.0. The van der Waals surface area contributed by atoms with Crippen LogP contribution >= 0.6 is 24.2 Å². The van der Waals surface area contributed by atoms with Crippen molar-refractivity contribution in [3.05, 3.63) is 29.8 Å². The van der Waals surface area contributed by atoms with Crippen LogP contribution in [0.15, 0.2) is 24.3 Å². The number of amides is 2. The molecule has 2 amide bonds. The Kier molecular flexibility index (Phi) is 8.06. The number of nitrogens with zero attached hydrogens (tertiary/aromatic N) is 1. The molecule has 0 spiro atoms. The standard InChI is InChI=1S/C18H25N3O2S.ClH/c22-17(13-16-2-1-7-19-16)20-15-5-3-14(4-6-15)12-18(23)21-8-10-24-11-9-21;/h3-6,16,19H,1-2,7-13H2,(H,20,22);1H. The summed E-state index contributed by atoms with van der Waals surface area (Å²) in [5.41, 5.74) is 1.79. The minimum atomic E-state index is 0. The van der Waals surface area contributed by atoms with E-state index in [-0.39, 0.29) is 24.2 Å².